The number of urea groups is 1. The molecule has 1 aliphatic heterocycles. The highest BCUT2D eigenvalue weighted by Crippen LogP contribution is 2.19. The summed E-state index contributed by atoms with van der Waals surface area (Å²) in [6.07, 6.45) is 0. The molecule has 0 bridgehead atoms. The lowest BCUT2D eigenvalue weighted by Gasteiger charge is -2.35. The van der Waals surface area contributed by atoms with Crippen LogP contribution in [0.5, 0.6) is 5.75 Å². The van der Waals surface area contributed by atoms with Crippen LogP contribution < -0.4 is 9.64 Å². The van der Waals surface area contributed by atoms with Crippen LogP contribution in [0.25, 0.3) is 0 Å². The minimum Gasteiger partial charge on any atom is -0.497 e. The maximum absolute atomic E-state index is 12.4. The van der Waals surface area contributed by atoms with Crippen molar-refractivity contribution in [2.45, 2.75) is 0 Å². The molecule has 5 heteroatoms. The van der Waals surface area contributed by atoms with E-state index in [1.165, 1.54) is 0 Å². The van der Waals surface area contributed by atoms with Gasteiger partial charge in [0.15, 0.2) is 0 Å². The first-order valence-corrected chi connectivity index (χ1v) is 6.47. The zero-order valence-electron chi connectivity index (χ0n) is 11.8. The first-order valence-electron chi connectivity index (χ1n) is 6.47. The van der Waals surface area contributed by atoms with Crippen molar-refractivity contribution in [1.82, 2.24) is 9.80 Å². The van der Waals surface area contributed by atoms with Crippen LogP contribution in [0.1, 0.15) is 0 Å². The highest BCUT2D eigenvalue weighted by Gasteiger charge is 2.22. The third kappa shape index (κ3) is 3.17. The molecular weight excluding hydrogens is 242 g/mol. The highest BCUT2D eigenvalue weighted by atomic mass is 16.5. The summed E-state index contributed by atoms with van der Waals surface area (Å²) < 4.78 is 5.12. The molecule has 1 heterocycles. The number of hydrogen-bond donors (Lipinski definition) is 0. The standard InChI is InChI=1S/C14H21N3O2/c1-15-8-10-17(11-9-15)14(18)16(2)12-4-6-13(19-3)7-5-12/h4-7H,8-11H2,1-3H3. The number of nitrogens with zero attached hydrogens (tertiary/aromatic N) is 3. The Morgan fingerprint density at radius 3 is 2.26 bits per heavy atom. The molecule has 0 aliphatic carbocycles. The van der Waals surface area contributed by atoms with E-state index < -0.39 is 0 Å². The van der Waals surface area contributed by atoms with E-state index in [1.807, 2.05) is 36.2 Å². The second kappa shape index (κ2) is 5.93. The number of carbonyl (C=O) groups excluding carboxylic acids is 1. The Hall–Kier alpha value is -1.75. The number of hydrogen-bond acceptors (Lipinski definition) is 3. The van der Waals surface area contributed by atoms with E-state index >= 15 is 0 Å². The van der Waals surface area contributed by atoms with Crippen LogP contribution in [-0.4, -0.2) is 63.2 Å². The summed E-state index contributed by atoms with van der Waals surface area (Å²) in [5.74, 6) is 0.796. The van der Waals surface area contributed by atoms with E-state index in [2.05, 4.69) is 11.9 Å². The molecule has 5 nitrogen and oxygen atoms in total. The van der Waals surface area contributed by atoms with Gasteiger partial charge in [-0.1, -0.05) is 0 Å². The molecule has 1 saturated heterocycles. The molecular formula is C14H21N3O2. The average molecular weight is 263 g/mol. The molecule has 0 unspecified atom stereocenters. The number of likely N-dealkylation sites (N-methyl/N-ethyl adjacent to an activating group) is 1. The van der Waals surface area contributed by atoms with Crippen LogP contribution >= 0.6 is 0 Å². The summed E-state index contributed by atoms with van der Waals surface area (Å²) in [5, 5.41) is 0. The smallest absolute Gasteiger partial charge is 0.324 e. The molecule has 0 spiro atoms. The van der Waals surface area contributed by atoms with Crippen LogP contribution in [0.2, 0.25) is 0 Å². The largest absolute Gasteiger partial charge is 0.497 e. The SMILES string of the molecule is COc1ccc(N(C)C(=O)N2CCN(C)CC2)cc1. The fourth-order valence-electron chi connectivity index (χ4n) is 2.13. The molecule has 0 radical (unpaired) electrons. The van der Waals surface area contributed by atoms with E-state index in [1.54, 1.807) is 12.0 Å². The van der Waals surface area contributed by atoms with Gasteiger partial charge in [-0.15, -0.1) is 0 Å². The first-order chi connectivity index (χ1) is 9.11. The minimum absolute atomic E-state index is 0.0540. The highest BCUT2D eigenvalue weighted by molar-refractivity contribution is 5.91. The summed E-state index contributed by atoms with van der Waals surface area (Å²) in [7, 11) is 5.52. The second-order valence-electron chi connectivity index (χ2n) is 4.83. The number of piperazine rings is 1. The van der Waals surface area contributed by atoms with Crippen LogP contribution in [0.15, 0.2) is 24.3 Å². The molecule has 0 N–H and O–H groups in total. The van der Waals surface area contributed by atoms with Crippen molar-refractivity contribution in [1.29, 1.82) is 0 Å². The molecule has 2 amide bonds. The van der Waals surface area contributed by atoms with E-state index in [-0.39, 0.29) is 6.03 Å². The van der Waals surface area contributed by atoms with Gasteiger partial charge >= 0.3 is 6.03 Å². The fraction of sp³-hybridized carbons (Fsp3) is 0.500. The van der Waals surface area contributed by atoms with E-state index in [0.29, 0.717) is 0 Å². The van der Waals surface area contributed by atoms with Crippen LogP contribution in [0, 0.1) is 0 Å². The van der Waals surface area contributed by atoms with Crippen LogP contribution in [-0.2, 0) is 0 Å². The van der Waals surface area contributed by atoms with E-state index in [4.69, 9.17) is 4.74 Å². The van der Waals surface area contributed by atoms with E-state index in [9.17, 15) is 4.79 Å². The molecule has 0 aromatic heterocycles. The van der Waals surface area contributed by atoms with Crippen LogP contribution in [0.3, 0.4) is 0 Å². The number of ether oxygens (including phenoxy) is 1. The number of amides is 2. The molecule has 0 saturated carbocycles. The Balaban J connectivity index is 2.01. The van der Waals surface area contributed by atoms with Gasteiger partial charge in [-0.2, -0.15) is 0 Å². The van der Waals surface area contributed by atoms with Crippen molar-refractivity contribution >= 4 is 11.7 Å². The monoisotopic (exact) mass is 263 g/mol. The number of benzene rings is 1. The molecule has 2 rings (SSSR count). The van der Waals surface area contributed by atoms with Crippen molar-refractivity contribution < 1.29 is 9.53 Å². The molecule has 1 fully saturated rings. The lowest BCUT2D eigenvalue weighted by atomic mass is 10.3. The van der Waals surface area contributed by atoms with Gasteiger partial charge in [0.1, 0.15) is 5.75 Å². The van der Waals surface area contributed by atoms with Gasteiger partial charge in [0.2, 0.25) is 0 Å². The average Bonchev–Trinajstić information content (AvgIpc) is 2.46. The van der Waals surface area contributed by atoms with Crippen LogP contribution in [0.4, 0.5) is 10.5 Å². The van der Waals surface area contributed by atoms with Gasteiger partial charge < -0.3 is 14.5 Å². The predicted octanol–water partition coefficient (Wildman–Crippen LogP) is 1.50. The second-order valence-corrected chi connectivity index (χ2v) is 4.83. The third-order valence-electron chi connectivity index (χ3n) is 3.52. The summed E-state index contributed by atoms with van der Waals surface area (Å²) in [6.45, 7) is 3.44. The number of rotatable bonds is 2. The minimum atomic E-state index is 0.0540. The van der Waals surface area contributed by atoms with Gasteiger partial charge in [0.05, 0.1) is 7.11 Å². The van der Waals surface area contributed by atoms with Gasteiger partial charge in [-0.3, -0.25) is 4.90 Å². The summed E-state index contributed by atoms with van der Waals surface area (Å²) in [4.78, 5) is 18.2. The Bertz CT molecular complexity index is 425. The first kappa shape index (κ1) is 13.7. The maximum atomic E-state index is 12.4. The topological polar surface area (TPSA) is 36.0 Å². The molecule has 1 aliphatic rings. The summed E-state index contributed by atoms with van der Waals surface area (Å²) in [6, 6.07) is 7.57. The molecule has 1 aromatic rings. The quantitative estimate of drug-likeness (QED) is 0.811. The molecule has 19 heavy (non-hydrogen) atoms. The Kier molecular flexibility index (Phi) is 4.27. The molecule has 0 atom stereocenters. The number of anilines is 1. The van der Waals surface area contributed by atoms with Gasteiger partial charge in [-0.05, 0) is 31.3 Å². The lowest BCUT2D eigenvalue weighted by molar-refractivity contribution is 0.160. The number of methoxy groups -OCH3 is 1. The lowest BCUT2D eigenvalue weighted by Crippen LogP contribution is -2.51. The predicted molar refractivity (Wildman–Crippen MR) is 75.9 cm³/mol. The number of carbonyl (C=O) groups is 1. The van der Waals surface area contributed by atoms with Crippen molar-refractivity contribution in [3.8, 4) is 5.75 Å². The van der Waals surface area contributed by atoms with Gasteiger partial charge in [0, 0.05) is 38.9 Å². The van der Waals surface area contributed by atoms with Gasteiger partial charge in [0.25, 0.3) is 0 Å². The van der Waals surface area contributed by atoms with Crippen molar-refractivity contribution in [2.75, 3.05) is 52.3 Å². The molecule has 1 aromatic carbocycles. The zero-order chi connectivity index (χ0) is 13.8. The van der Waals surface area contributed by atoms with Gasteiger partial charge in [-0.25, -0.2) is 4.79 Å². The molecule has 104 valence electrons. The third-order valence-corrected chi connectivity index (χ3v) is 3.52. The van der Waals surface area contributed by atoms with Crippen molar-refractivity contribution in [3.63, 3.8) is 0 Å². The Morgan fingerprint density at radius 2 is 1.74 bits per heavy atom. The normalized spacial score (nSPS) is 16.3. The maximum Gasteiger partial charge on any atom is 0.324 e. The zero-order valence-corrected chi connectivity index (χ0v) is 11.8. The van der Waals surface area contributed by atoms with Crippen molar-refractivity contribution in [2.24, 2.45) is 0 Å². The Labute approximate surface area is 114 Å². The fourth-order valence-corrected chi connectivity index (χ4v) is 2.13. The summed E-state index contributed by atoms with van der Waals surface area (Å²) >= 11 is 0. The van der Waals surface area contributed by atoms with Crippen molar-refractivity contribution in [3.05, 3.63) is 24.3 Å². The summed E-state index contributed by atoms with van der Waals surface area (Å²) in [5.41, 5.74) is 0.879. The van der Waals surface area contributed by atoms with E-state index in [0.717, 1.165) is 37.6 Å². The Morgan fingerprint density at radius 1 is 1.16 bits per heavy atom.